The summed E-state index contributed by atoms with van der Waals surface area (Å²) in [4.78, 5) is 16.9. The summed E-state index contributed by atoms with van der Waals surface area (Å²) >= 11 is 3.21. The Kier molecular flexibility index (Phi) is 4.49. The first-order chi connectivity index (χ1) is 10.6. The second-order valence-corrected chi connectivity index (χ2v) is 6.15. The molecule has 1 aromatic carbocycles. The van der Waals surface area contributed by atoms with E-state index in [-0.39, 0.29) is 5.91 Å². The highest BCUT2D eigenvalue weighted by Crippen LogP contribution is 2.27. The van der Waals surface area contributed by atoms with Gasteiger partial charge in [-0.1, -0.05) is 12.1 Å². The van der Waals surface area contributed by atoms with Crippen LogP contribution in [0, 0.1) is 0 Å². The highest BCUT2D eigenvalue weighted by molar-refractivity contribution is 9.10. The van der Waals surface area contributed by atoms with E-state index in [4.69, 9.17) is 4.42 Å². The third kappa shape index (κ3) is 3.34. The number of furan rings is 1. The lowest BCUT2D eigenvalue weighted by atomic mass is 10.2. The van der Waals surface area contributed by atoms with Gasteiger partial charge in [-0.05, 0) is 47.2 Å². The van der Waals surface area contributed by atoms with Crippen molar-refractivity contribution in [2.75, 3.05) is 43.4 Å². The Balaban J connectivity index is 1.78. The van der Waals surface area contributed by atoms with E-state index in [1.54, 1.807) is 12.1 Å². The quantitative estimate of drug-likeness (QED) is 0.910. The normalized spacial score (nSPS) is 15.8. The van der Waals surface area contributed by atoms with Gasteiger partial charge in [-0.2, -0.15) is 0 Å². The molecule has 0 atom stereocenters. The minimum absolute atomic E-state index is 0.243. The van der Waals surface area contributed by atoms with Gasteiger partial charge in [0.25, 0.3) is 5.91 Å². The Bertz CT molecular complexity index is 663. The van der Waals surface area contributed by atoms with E-state index >= 15 is 0 Å². The average molecular weight is 364 g/mol. The Labute approximate surface area is 138 Å². The lowest BCUT2D eigenvalue weighted by molar-refractivity contribution is 0.0995. The highest BCUT2D eigenvalue weighted by atomic mass is 79.9. The second-order valence-electron chi connectivity index (χ2n) is 5.37. The number of likely N-dealkylation sites (N-methyl/N-ethyl adjacent to an activating group) is 1. The summed E-state index contributed by atoms with van der Waals surface area (Å²) < 4.78 is 5.85. The summed E-state index contributed by atoms with van der Waals surface area (Å²) in [6.45, 7) is 3.95. The van der Waals surface area contributed by atoms with E-state index in [9.17, 15) is 4.79 Å². The molecule has 1 aromatic heterocycles. The fourth-order valence-corrected chi connectivity index (χ4v) is 2.83. The van der Waals surface area contributed by atoms with Crippen LogP contribution in [0.3, 0.4) is 0 Å². The lowest BCUT2D eigenvalue weighted by Crippen LogP contribution is -2.44. The fraction of sp³-hybridized carbons (Fsp3) is 0.312. The number of amides is 1. The SMILES string of the molecule is CN1CCN(c2ccccc2NC(=O)c2ccc(Br)o2)CC1. The van der Waals surface area contributed by atoms with Crippen LogP contribution in [0.15, 0.2) is 45.5 Å². The summed E-state index contributed by atoms with van der Waals surface area (Å²) in [5.74, 6) is 0.0485. The Morgan fingerprint density at radius 1 is 1.14 bits per heavy atom. The number of para-hydroxylation sites is 2. The number of carbonyl (C=O) groups excluding carboxylic acids is 1. The van der Waals surface area contributed by atoms with Gasteiger partial charge in [0.15, 0.2) is 10.4 Å². The second kappa shape index (κ2) is 6.54. The zero-order valence-corrected chi connectivity index (χ0v) is 14.0. The van der Waals surface area contributed by atoms with E-state index in [0.717, 1.165) is 37.6 Å². The predicted octanol–water partition coefficient (Wildman–Crippen LogP) is 3.05. The van der Waals surface area contributed by atoms with Gasteiger partial charge in [-0.25, -0.2) is 0 Å². The first kappa shape index (κ1) is 15.1. The third-order valence-electron chi connectivity index (χ3n) is 3.79. The molecule has 1 amide bonds. The van der Waals surface area contributed by atoms with Crippen molar-refractivity contribution in [1.29, 1.82) is 0 Å². The van der Waals surface area contributed by atoms with Gasteiger partial charge in [0, 0.05) is 26.2 Å². The number of rotatable bonds is 3. The molecule has 2 aromatic rings. The molecule has 3 rings (SSSR count). The Hall–Kier alpha value is -1.79. The van der Waals surface area contributed by atoms with Gasteiger partial charge in [0.1, 0.15) is 0 Å². The molecule has 0 spiro atoms. The number of hydrogen-bond acceptors (Lipinski definition) is 4. The molecule has 0 unspecified atom stereocenters. The van der Waals surface area contributed by atoms with Gasteiger partial charge in [0.2, 0.25) is 0 Å². The summed E-state index contributed by atoms with van der Waals surface area (Å²) in [5.41, 5.74) is 1.86. The summed E-state index contributed by atoms with van der Waals surface area (Å²) in [5, 5.41) is 2.94. The van der Waals surface area contributed by atoms with Crippen LogP contribution in [0.2, 0.25) is 0 Å². The van der Waals surface area contributed by atoms with Crippen LogP contribution in [-0.4, -0.2) is 44.0 Å². The number of carbonyl (C=O) groups is 1. The molecule has 22 heavy (non-hydrogen) atoms. The predicted molar refractivity (Wildman–Crippen MR) is 90.5 cm³/mol. The first-order valence-electron chi connectivity index (χ1n) is 7.23. The molecule has 0 bridgehead atoms. The smallest absolute Gasteiger partial charge is 0.291 e. The zero-order chi connectivity index (χ0) is 15.5. The molecule has 0 aliphatic carbocycles. The zero-order valence-electron chi connectivity index (χ0n) is 12.4. The average Bonchev–Trinajstić information content (AvgIpc) is 2.95. The van der Waals surface area contributed by atoms with Crippen molar-refractivity contribution < 1.29 is 9.21 Å². The minimum Gasteiger partial charge on any atom is -0.444 e. The van der Waals surface area contributed by atoms with Crippen molar-refractivity contribution in [2.24, 2.45) is 0 Å². The maximum absolute atomic E-state index is 12.3. The highest BCUT2D eigenvalue weighted by Gasteiger charge is 2.18. The van der Waals surface area contributed by atoms with Crippen molar-refractivity contribution in [3.05, 3.63) is 46.8 Å². The summed E-state index contributed by atoms with van der Waals surface area (Å²) in [7, 11) is 2.12. The molecule has 5 nitrogen and oxygen atoms in total. The van der Waals surface area contributed by atoms with E-state index in [0.29, 0.717) is 10.4 Å². The summed E-state index contributed by atoms with van der Waals surface area (Å²) in [6, 6.07) is 11.2. The first-order valence-corrected chi connectivity index (χ1v) is 8.02. The molecular weight excluding hydrogens is 346 g/mol. The third-order valence-corrected chi connectivity index (χ3v) is 4.22. The van der Waals surface area contributed by atoms with Crippen LogP contribution in [0.5, 0.6) is 0 Å². The number of benzene rings is 1. The molecular formula is C16H18BrN3O2. The van der Waals surface area contributed by atoms with Gasteiger partial charge < -0.3 is 19.5 Å². The molecule has 1 N–H and O–H groups in total. The van der Waals surface area contributed by atoms with E-state index in [1.807, 2.05) is 24.3 Å². The fourth-order valence-electron chi connectivity index (χ4n) is 2.52. The van der Waals surface area contributed by atoms with Crippen LogP contribution < -0.4 is 10.2 Å². The van der Waals surface area contributed by atoms with Gasteiger partial charge in [0.05, 0.1) is 11.4 Å². The molecule has 1 aliphatic rings. The van der Waals surface area contributed by atoms with Gasteiger partial charge in [-0.3, -0.25) is 4.79 Å². The molecule has 0 radical (unpaired) electrons. The van der Waals surface area contributed by atoms with E-state index < -0.39 is 0 Å². The van der Waals surface area contributed by atoms with Crippen LogP contribution in [0.25, 0.3) is 0 Å². The molecule has 116 valence electrons. The molecule has 1 saturated heterocycles. The van der Waals surface area contributed by atoms with E-state index in [1.165, 1.54) is 0 Å². The number of nitrogens with zero attached hydrogens (tertiary/aromatic N) is 2. The minimum atomic E-state index is -0.243. The van der Waals surface area contributed by atoms with Crippen LogP contribution >= 0.6 is 15.9 Å². The Morgan fingerprint density at radius 2 is 1.86 bits per heavy atom. The maximum Gasteiger partial charge on any atom is 0.291 e. The molecule has 6 heteroatoms. The number of hydrogen-bond donors (Lipinski definition) is 1. The van der Waals surface area contributed by atoms with Crippen molar-refractivity contribution in [3.63, 3.8) is 0 Å². The number of anilines is 2. The van der Waals surface area contributed by atoms with Crippen molar-refractivity contribution >= 4 is 33.2 Å². The monoisotopic (exact) mass is 363 g/mol. The van der Waals surface area contributed by atoms with Crippen LogP contribution in [0.4, 0.5) is 11.4 Å². The molecule has 1 aliphatic heterocycles. The van der Waals surface area contributed by atoms with E-state index in [2.05, 4.69) is 38.1 Å². The van der Waals surface area contributed by atoms with Crippen molar-refractivity contribution in [2.45, 2.75) is 0 Å². The van der Waals surface area contributed by atoms with Gasteiger partial charge >= 0.3 is 0 Å². The lowest BCUT2D eigenvalue weighted by Gasteiger charge is -2.35. The number of halogens is 1. The van der Waals surface area contributed by atoms with Crippen LogP contribution in [-0.2, 0) is 0 Å². The van der Waals surface area contributed by atoms with Gasteiger partial charge in [-0.15, -0.1) is 0 Å². The largest absolute Gasteiger partial charge is 0.444 e. The molecule has 1 fully saturated rings. The molecule has 0 saturated carbocycles. The number of nitrogens with one attached hydrogen (secondary N) is 1. The summed E-state index contributed by atoms with van der Waals surface area (Å²) in [6.07, 6.45) is 0. The van der Waals surface area contributed by atoms with Crippen molar-refractivity contribution in [3.8, 4) is 0 Å². The maximum atomic E-state index is 12.3. The Morgan fingerprint density at radius 3 is 2.55 bits per heavy atom. The molecule has 2 heterocycles. The topological polar surface area (TPSA) is 48.7 Å². The number of piperazine rings is 1. The van der Waals surface area contributed by atoms with Crippen molar-refractivity contribution in [1.82, 2.24) is 4.90 Å². The standard InChI is InChI=1S/C16H18BrN3O2/c1-19-8-10-20(11-9-19)13-5-3-2-4-12(13)18-16(21)14-6-7-15(17)22-14/h2-7H,8-11H2,1H3,(H,18,21). The van der Waals surface area contributed by atoms with Crippen LogP contribution in [0.1, 0.15) is 10.6 Å².